The monoisotopic (exact) mass is 504 g/mol. The van der Waals surface area contributed by atoms with Crippen LogP contribution in [0.15, 0.2) is 11.1 Å². The zero-order chi connectivity index (χ0) is 27.0. The molecular weight excluding hydrogens is 460 g/mol. The lowest BCUT2D eigenvalue weighted by Gasteiger charge is -2.62. The maximum absolute atomic E-state index is 14.0. The zero-order valence-electron chi connectivity index (χ0n) is 22.6. The smallest absolute Gasteiger partial charge is 0.306 e. The third-order valence-corrected chi connectivity index (χ3v) is 11.5. The van der Waals surface area contributed by atoms with Crippen LogP contribution in [0.2, 0.25) is 0 Å². The first kappa shape index (κ1) is 27.5. The Morgan fingerprint density at radius 2 is 1.67 bits per heavy atom. The van der Waals surface area contributed by atoms with Crippen LogP contribution >= 0.6 is 0 Å². The normalized spacial score (nSPS) is 44.5. The van der Waals surface area contributed by atoms with Crippen molar-refractivity contribution < 1.29 is 34.8 Å². The average molecular weight is 505 g/mol. The van der Waals surface area contributed by atoms with Crippen LogP contribution in [-0.2, 0) is 14.4 Å². The number of aliphatic hydroxyl groups excluding tert-OH is 3. The molecule has 4 aliphatic rings. The lowest BCUT2D eigenvalue weighted by molar-refractivity contribution is -0.143. The van der Waals surface area contributed by atoms with Gasteiger partial charge in [-0.2, -0.15) is 0 Å². The summed E-state index contributed by atoms with van der Waals surface area (Å²) in [7, 11) is 0. The van der Waals surface area contributed by atoms with Crippen molar-refractivity contribution in [3.63, 3.8) is 0 Å². The van der Waals surface area contributed by atoms with Gasteiger partial charge in [0.2, 0.25) is 0 Å². The second-order valence-electron chi connectivity index (χ2n) is 13.6. The number of rotatable bonds is 6. The van der Waals surface area contributed by atoms with E-state index in [4.69, 9.17) is 5.11 Å². The highest BCUT2D eigenvalue weighted by Gasteiger charge is 2.69. The van der Waals surface area contributed by atoms with Crippen LogP contribution < -0.4 is 0 Å². The summed E-state index contributed by atoms with van der Waals surface area (Å²) in [5.74, 6) is -1.97. The van der Waals surface area contributed by atoms with E-state index in [1.165, 1.54) is 6.92 Å². The van der Waals surface area contributed by atoms with E-state index in [1.807, 2.05) is 27.7 Å². The molecule has 0 aromatic heterocycles. The predicted molar refractivity (Wildman–Crippen MR) is 134 cm³/mol. The Morgan fingerprint density at radius 1 is 1.03 bits per heavy atom. The standard InChI is InChI=1S/C29H44O7/c1-15(25(35)36)11-17(30)8-7-16-12-22(34)29(6)24-18(31)13-20-26(2,3)21(33)9-10-27(20,4)23(24)19(32)14-28(16,29)5/h15-16,18,20-22,31,33-34H,7-14H2,1-6H3,(H,35,36). The second-order valence-corrected chi connectivity index (χ2v) is 13.6. The minimum Gasteiger partial charge on any atom is -0.481 e. The first-order valence-corrected chi connectivity index (χ1v) is 13.6. The van der Waals surface area contributed by atoms with E-state index in [1.54, 1.807) is 0 Å². The summed E-state index contributed by atoms with van der Waals surface area (Å²) >= 11 is 0. The number of carbonyl (C=O) groups is 3. The third-order valence-electron chi connectivity index (χ3n) is 11.5. The van der Waals surface area contributed by atoms with Crippen LogP contribution in [0.1, 0.15) is 92.9 Å². The van der Waals surface area contributed by atoms with Crippen molar-refractivity contribution in [2.75, 3.05) is 0 Å². The molecule has 0 aromatic carbocycles. The minimum atomic E-state index is -0.993. The number of aliphatic hydroxyl groups is 3. The highest BCUT2D eigenvalue weighted by molar-refractivity contribution is 6.00. The molecule has 0 aliphatic heterocycles. The van der Waals surface area contributed by atoms with E-state index in [0.717, 1.165) is 0 Å². The molecule has 36 heavy (non-hydrogen) atoms. The molecule has 9 unspecified atom stereocenters. The quantitative estimate of drug-likeness (QED) is 0.434. The van der Waals surface area contributed by atoms with Gasteiger partial charge >= 0.3 is 5.97 Å². The molecule has 0 amide bonds. The molecular formula is C29H44O7. The van der Waals surface area contributed by atoms with E-state index >= 15 is 0 Å². The van der Waals surface area contributed by atoms with Gasteiger partial charge in [0.15, 0.2) is 5.78 Å². The molecule has 4 aliphatic carbocycles. The number of hydrogen-bond donors (Lipinski definition) is 4. The minimum absolute atomic E-state index is 0.0209. The highest BCUT2D eigenvalue weighted by atomic mass is 16.4. The Hall–Kier alpha value is -1.57. The topological polar surface area (TPSA) is 132 Å². The van der Waals surface area contributed by atoms with E-state index in [-0.39, 0.29) is 42.7 Å². The van der Waals surface area contributed by atoms with Crippen molar-refractivity contribution in [1.29, 1.82) is 0 Å². The molecule has 2 fully saturated rings. The van der Waals surface area contributed by atoms with Gasteiger partial charge in [-0.25, -0.2) is 0 Å². The molecule has 4 N–H and O–H groups in total. The number of hydrogen-bond acceptors (Lipinski definition) is 6. The summed E-state index contributed by atoms with van der Waals surface area (Å²) < 4.78 is 0. The Labute approximate surface area is 214 Å². The fourth-order valence-corrected chi connectivity index (χ4v) is 8.90. The number of carboxylic acids is 1. The Balaban J connectivity index is 1.70. The van der Waals surface area contributed by atoms with Gasteiger partial charge in [0.05, 0.1) is 24.2 Å². The number of carbonyl (C=O) groups excluding carboxylic acids is 2. The number of fused-ring (bicyclic) bond motifs is 4. The molecule has 0 heterocycles. The number of ketones is 2. The van der Waals surface area contributed by atoms with Gasteiger partial charge in [-0.3, -0.25) is 14.4 Å². The second kappa shape index (κ2) is 8.74. The Morgan fingerprint density at radius 3 is 2.28 bits per heavy atom. The molecule has 0 spiro atoms. The summed E-state index contributed by atoms with van der Waals surface area (Å²) in [4.78, 5) is 37.6. The van der Waals surface area contributed by atoms with E-state index in [0.29, 0.717) is 43.3 Å². The molecule has 0 radical (unpaired) electrons. The van der Waals surface area contributed by atoms with Crippen molar-refractivity contribution in [3.8, 4) is 0 Å². The van der Waals surface area contributed by atoms with Crippen LogP contribution in [0.3, 0.4) is 0 Å². The SMILES string of the molecule is CC(CC(=O)CCC1CC(O)C2(C)C3=C(C(=O)CC12C)C1(C)CCC(O)C(C)(C)C1CC3O)C(=O)O. The highest BCUT2D eigenvalue weighted by Crippen LogP contribution is 2.71. The van der Waals surface area contributed by atoms with E-state index < -0.39 is 51.9 Å². The molecule has 2 saturated carbocycles. The molecule has 7 nitrogen and oxygen atoms in total. The lowest BCUT2D eigenvalue weighted by Crippen LogP contribution is -2.60. The van der Waals surface area contributed by atoms with Crippen LogP contribution in [-0.4, -0.2) is 56.3 Å². The summed E-state index contributed by atoms with van der Waals surface area (Å²) in [6.07, 6.45) is 0.962. The van der Waals surface area contributed by atoms with Gasteiger partial charge in [0.25, 0.3) is 0 Å². The molecule has 4 rings (SSSR count). The average Bonchev–Trinajstić information content (AvgIpc) is 2.97. The number of Topliss-reactive ketones (excluding diaryl/α,β-unsaturated/α-hetero) is 2. The van der Waals surface area contributed by atoms with E-state index in [9.17, 15) is 29.7 Å². The maximum Gasteiger partial charge on any atom is 0.306 e. The van der Waals surface area contributed by atoms with Crippen LogP contribution in [0.4, 0.5) is 0 Å². The van der Waals surface area contributed by atoms with E-state index in [2.05, 4.69) is 6.92 Å². The van der Waals surface area contributed by atoms with Gasteiger partial charge in [-0.15, -0.1) is 0 Å². The summed E-state index contributed by atoms with van der Waals surface area (Å²) in [6, 6.07) is 0. The zero-order valence-corrected chi connectivity index (χ0v) is 22.6. The summed E-state index contributed by atoms with van der Waals surface area (Å²) in [6.45, 7) is 11.7. The fraction of sp³-hybridized carbons (Fsp3) is 0.828. The fourth-order valence-electron chi connectivity index (χ4n) is 8.90. The number of aliphatic carboxylic acids is 1. The van der Waals surface area contributed by atoms with Gasteiger partial charge in [0, 0.05) is 30.3 Å². The first-order chi connectivity index (χ1) is 16.5. The first-order valence-electron chi connectivity index (χ1n) is 13.6. The molecule has 0 aromatic rings. The lowest BCUT2D eigenvalue weighted by atomic mass is 9.42. The van der Waals surface area contributed by atoms with Crippen molar-refractivity contribution >= 4 is 17.5 Å². The Kier molecular flexibility index (Phi) is 6.67. The van der Waals surface area contributed by atoms with Crippen molar-refractivity contribution in [2.45, 2.75) is 111 Å². The maximum atomic E-state index is 14.0. The van der Waals surface area contributed by atoms with Crippen molar-refractivity contribution in [3.05, 3.63) is 11.1 Å². The van der Waals surface area contributed by atoms with Gasteiger partial charge < -0.3 is 20.4 Å². The van der Waals surface area contributed by atoms with Crippen molar-refractivity contribution in [2.24, 2.45) is 39.4 Å². The van der Waals surface area contributed by atoms with Gasteiger partial charge in [0.1, 0.15) is 5.78 Å². The Bertz CT molecular complexity index is 998. The van der Waals surface area contributed by atoms with Gasteiger partial charge in [-0.1, -0.05) is 41.5 Å². The number of carboxylic acid groups (broad SMARTS) is 1. The summed E-state index contributed by atoms with van der Waals surface area (Å²) in [5, 5.41) is 43.0. The largest absolute Gasteiger partial charge is 0.481 e. The molecule has 0 bridgehead atoms. The molecule has 9 atom stereocenters. The number of allylic oxidation sites excluding steroid dienone is 1. The van der Waals surface area contributed by atoms with Crippen LogP contribution in [0, 0.1) is 39.4 Å². The van der Waals surface area contributed by atoms with Crippen LogP contribution in [0.5, 0.6) is 0 Å². The van der Waals surface area contributed by atoms with Crippen LogP contribution in [0.25, 0.3) is 0 Å². The third kappa shape index (κ3) is 3.67. The molecule has 7 heteroatoms. The van der Waals surface area contributed by atoms with Gasteiger partial charge in [-0.05, 0) is 65.8 Å². The van der Waals surface area contributed by atoms with Crippen molar-refractivity contribution in [1.82, 2.24) is 0 Å². The summed E-state index contributed by atoms with van der Waals surface area (Å²) in [5.41, 5.74) is -0.968. The molecule has 202 valence electrons. The predicted octanol–water partition coefficient (Wildman–Crippen LogP) is 3.68. The molecule has 0 saturated heterocycles.